The van der Waals surface area contributed by atoms with Gasteiger partial charge in [-0.1, -0.05) is 0 Å². The van der Waals surface area contributed by atoms with Crippen molar-refractivity contribution in [2.24, 2.45) is 7.05 Å². The Morgan fingerprint density at radius 2 is 2.00 bits per heavy atom. The summed E-state index contributed by atoms with van der Waals surface area (Å²) in [4.78, 5) is 26.5. The van der Waals surface area contributed by atoms with Gasteiger partial charge in [0.15, 0.2) is 17.3 Å². The van der Waals surface area contributed by atoms with Gasteiger partial charge in [-0.05, 0) is 25.8 Å². The number of amides is 1. The van der Waals surface area contributed by atoms with Gasteiger partial charge in [0.1, 0.15) is 17.7 Å². The molecule has 0 bridgehead atoms. The Hall–Kier alpha value is -4.14. The Labute approximate surface area is 188 Å². The van der Waals surface area contributed by atoms with E-state index in [1.54, 1.807) is 19.0 Å². The van der Waals surface area contributed by atoms with Gasteiger partial charge in [0, 0.05) is 32.6 Å². The minimum Gasteiger partial charge on any atom is -0.368 e. The number of carbonyl (C=O) groups is 1. The Kier molecular flexibility index (Phi) is 6.81. The summed E-state index contributed by atoms with van der Waals surface area (Å²) in [7, 11) is 3.38. The van der Waals surface area contributed by atoms with Gasteiger partial charge in [0.25, 0.3) is 5.91 Å². The van der Waals surface area contributed by atoms with Crippen LogP contribution in [0.1, 0.15) is 36.2 Å². The predicted octanol–water partition coefficient (Wildman–Crippen LogP) is 2.00. The van der Waals surface area contributed by atoms with Crippen molar-refractivity contribution >= 4 is 28.4 Å². The molecule has 10 nitrogen and oxygen atoms in total. The Morgan fingerprint density at radius 1 is 1.27 bits per heavy atom. The molecule has 0 spiro atoms. The molecule has 12 heteroatoms. The normalized spacial score (nSPS) is 11.8. The number of benzene rings is 1. The molecular weight excluding hydrogens is 432 g/mol. The maximum Gasteiger partial charge on any atom is 0.291 e. The lowest BCUT2D eigenvalue weighted by molar-refractivity contribution is 0.0718. The molecule has 1 amide bonds. The zero-order valence-electron chi connectivity index (χ0n) is 18.4. The van der Waals surface area contributed by atoms with Crippen LogP contribution in [0.25, 0.3) is 16.6 Å². The number of carbonyl (C=O) groups excluding carboxylic acids is 1. The Balaban J connectivity index is 0.00000149. The molecule has 0 radical (unpaired) electrons. The van der Waals surface area contributed by atoms with Crippen molar-refractivity contribution in [3.05, 3.63) is 41.7 Å². The number of halogens is 2. The van der Waals surface area contributed by atoms with Crippen molar-refractivity contribution in [1.29, 1.82) is 0 Å². The average molecular weight is 455 g/mol. The van der Waals surface area contributed by atoms with Gasteiger partial charge in [-0.2, -0.15) is 9.61 Å². The highest BCUT2D eigenvalue weighted by Crippen LogP contribution is 2.23. The largest absolute Gasteiger partial charge is 0.368 e. The van der Waals surface area contributed by atoms with Gasteiger partial charge in [0.2, 0.25) is 11.8 Å². The molecule has 0 saturated carbocycles. The molecule has 0 fully saturated rings. The maximum absolute atomic E-state index is 14.1. The van der Waals surface area contributed by atoms with Crippen LogP contribution in [0, 0.1) is 24.5 Å². The zero-order chi connectivity index (χ0) is 24.3. The highest BCUT2D eigenvalue weighted by molar-refractivity contribution is 5.92. The number of aromatic nitrogens is 7. The molecule has 0 aliphatic heterocycles. The molecule has 3 aromatic heterocycles. The lowest BCUT2D eigenvalue weighted by Gasteiger charge is -2.24. The summed E-state index contributed by atoms with van der Waals surface area (Å²) >= 11 is 0. The van der Waals surface area contributed by atoms with Gasteiger partial charge in [-0.3, -0.25) is 4.79 Å². The number of hydrogen-bond acceptors (Lipinski definition) is 7. The smallest absolute Gasteiger partial charge is 0.291 e. The van der Waals surface area contributed by atoms with Crippen molar-refractivity contribution in [2.45, 2.75) is 32.2 Å². The van der Waals surface area contributed by atoms with Crippen LogP contribution in [-0.4, -0.2) is 58.2 Å². The van der Waals surface area contributed by atoms with Crippen LogP contribution in [0.2, 0.25) is 0 Å². The van der Waals surface area contributed by atoms with Crippen molar-refractivity contribution in [3.63, 3.8) is 0 Å². The quantitative estimate of drug-likeness (QED) is 0.442. The number of aryl methyl sites for hydroxylation is 2. The minimum atomic E-state index is -0.807. The van der Waals surface area contributed by atoms with Crippen molar-refractivity contribution < 1.29 is 13.6 Å². The second-order valence-corrected chi connectivity index (χ2v) is 7.38. The van der Waals surface area contributed by atoms with E-state index in [0.29, 0.717) is 25.1 Å². The number of nitrogens with zero attached hydrogens (tertiary/aromatic N) is 8. The summed E-state index contributed by atoms with van der Waals surface area (Å²) in [5, 5.41) is 8.44. The molecular formula is C21H23F2N9O. The molecule has 172 valence electrons. The van der Waals surface area contributed by atoms with Gasteiger partial charge < -0.3 is 10.6 Å². The fraction of sp³-hybridized carbons (Fsp3) is 0.333. The highest BCUT2D eigenvalue weighted by Gasteiger charge is 2.21. The first-order valence-electron chi connectivity index (χ1n) is 10.0. The summed E-state index contributed by atoms with van der Waals surface area (Å²) in [6.45, 7) is 1.94. The highest BCUT2D eigenvalue weighted by atomic mass is 19.1. The van der Waals surface area contributed by atoms with Gasteiger partial charge in [-0.25, -0.2) is 28.4 Å². The summed E-state index contributed by atoms with van der Waals surface area (Å²) in [6, 6.07) is 1.85. The molecule has 2 N–H and O–H groups in total. The standard InChI is InChI=1S/C19H21F2N9O.C2H2/c1-10(28(2)18(31)17-23-9-24-29(17)3)5-4-6-14-25-16-12-7-11(20)8-13(21)15(12)26-19(22)30(16)27-14;1-2/h7-10H,4-6H2,1-3H3,(H2,22,26);1-2H/t10-;/m0./s1. The van der Waals surface area contributed by atoms with E-state index in [1.165, 1.54) is 15.5 Å². The molecule has 4 rings (SSSR count). The maximum atomic E-state index is 14.1. The number of terminal acetylenes is 1. The van der Waals surface area contributed by atoms with E-state index in [9.17, 15) is 13.6 Å². The molecule has 3 heterocycles. The number of anilines is 1. The molecule has 1 aromatic carbocycles. The fourth-order valence-corrected chi connectivity index (χ4v) is 3.40. The lowest BCUT2D eigenvalue weighted by Crippen LogP contribution is -2.36. The van der Waals surface area contributed by atoms with Crippen LogP contribution >= 0.6 is 0 Å². The Morgan fingerprint density at radius 3 is 2.67 bits per heavy atom. The monoisotopic (exact) mass is 455 g/mol. The minimum absolute atomic E-state index is 0.0332. The second kappa shape index (κ2) is 9.56. The second-order valence-electron chi connectivity index (χ2n) is 7.38. The van der Waals surface area contributed by atoms with Crippen molar-refractivity contribution in [2.75, 3.05) is 12.8 Å². The summed E-state index contributed by atoms with van der Waals surface area (Å²) in [5.74, 6) is -1.04. The number of hydrogen-bond donors (Lipinski definition) is 1. The van der Waals surface area contributed by atoms with E-state index in [2.05, 4.69) is 38.0 Å². The van der Waals surface area contributed by atoms with E-state index < -0.39 is 11.6 Å². The van der Waals surface area contributed by atoms with Crippen LogP contribution in [-0.2, 0) is 13.5 Å². The van der Waals surface area contributed by atoms with E-state index >= 15 is 0 Å². The first-order chi connectivity index (χ1) is 15.8. The third kappa shape index (κ3) is 4.57. The van der Waals surface area contributed by atoms with E-state index in [1.807, 2.05) is 6.92 Å². The number of rotatable bonds is 6. The van der Waals surface area contributed by atoms with E-state index in [4.69, 9.17) is 5.73 Å². The zero-order valence-corrected chi connectivity index (χ0v) is 18.4. The first kappa shape index (κ1) is 23.5. The molecule has 0 aliphatic rings. The van der Waals surface area contributed by atoms with E-state index in [0.717, 1.165) is 12.1 Å². The topological polar surface area (TPSA) is 120 Å². The first-order valence-corrected chi connectivity index (χ1v) is 10.0. The average Bonchev–Trinajstić information content (AvgIpc) is 3.42. The molecule has 1 atom stereocenters. The third-order valence-corrected chi connectivity index (χ3v) is 5.27. The van der Waals surface area contributed by atoms with Crippen LogP contribution in [0.15, 0.2) is 18.5 Å². The van der Waals surface area contributed by atoms with Crippen molar-refractivity contribution in [1.82, 2.24) is 39.2 Å². The van der Waals surface area contributed by atoms with Crippen molar-refractivity contribution in [3.8, 4) is 12.8 Å². The van der Waals surface area contributed by atoms with Gasteiger partial charge in [0.05, 0.1) is 5.39 Å². The fourth-order valence-electron chi connectivity index (χ4n) is 3.40. The Bertz CT molecular complexity index is 1330. The van der Waals surface area contributed by atoms with E-state index in [-0.39, 0.29) is 40.3 Å². The summed E-state index contributed by atoms with van der Waals surface area (Å²) in [6.07, 6.45) is 11.2. The summed E-state index contributed by atoms with van der Waals surface area (Å²) in [5.41, 5.74) is 6.08. The number of nitrogen functional groups attached to an aromatic ring is 1. The molecule has 0 saturated heterocycles. The lowest BCUT2D eigenvalue weighted by atomic mass is 10.1. The van der Waals surface area contributed by atoms with Crippen LogP contribution < -0.4 is 5.73 Å². The SMILES string of the molecule is C#C.C[C@@H](CCCc1nc2c3cc(F)cc(F)c3nc(N)n2n1)N(C)C(=O)c1ncnn1C. The molecule has 0 aliphatic carbocycles. The van der Waals surface area contributed by atoms with Gasteiger partial charge in [-0.15, -0.1) is 17.9 Å². The summed E-state index contributed by atoms with van der Waals surface area (Å²) < 4.78 is 30.5. The molecule has 4 aromatic rings. The molecule has 33 heavy (non-hydrogen) atoms. The van der Waals surface area contributed by atoms with Crippen LogP contribution in [0.5, 0.6) is 0 Å². The number of fused-ring (bicyclic) bond motifs is 3. The predicted molar refractivity (Wildman–Crippen MR) is 118 cm³/mol. The number of nitrogens with two attached hydrogens (primary N) is 1. The van der Waals surface area contributed by atoms with Crippen LogP contribution in [0.4, 0.5) is 14.7 Å². The third-order valence-electron chi connectivity index (χ3n) is 5.27. The molecule has 0 unspecified atom stereocenters. The van der Waals surface area contributed by atoms with Gasteiger partial charge >= 0.3 is 0 Å². The van der Waals surface area contributed by atoms with Crippen LogP contribution in [0.3, 0.4) is 0 Å².